The Morgan fingerprint density at radius 1 is 1.05 bits per heavy atom. The quantitative estimate of drug-likeness (QED) is 0.303. The first-order chi connectivity index (χ1) is 18.7. The number of hydrogen-bond donors (Lipinski definition) is 2. The summed E-state index contributed by atoms with van der Waals surface area (Å²) in [7, 11) is -0.957. The van der Waals surface area contributed by atoms with Gasteiger partial charge in [0, 0.05) is 23.0 Å². The van der Waals surface area contributed by atoms with Crippen molar-refractivity contribution in [3.63, 3.8) is 0 Å². The summed E-state index contributed by atoms with van der Waals surface area (Å²) in [6, 6.07) is 11.2. The van der Waals surface area contributed by atoms with E-state index < -0.39 is 13.0 Å². The van der Waals surface area contributed by atoms with Crippen LogP contribution in [0.5, 0.6) is 5.75 Å². The van der Waals surface area contributed by atoms with Crippen molar-refractivity contribution < 1.29 is 24.4 Å². The first-order valence-electron chi connectivity index (χ1n) is 14.5. The Morgan fingerprint density at radius 2 is 1.72 bits per heavy atom. The highest BCUT2D eigenvalue weighted by Gasteiger charge is 2.53. The number of benzene rings is 2. The largest absolute Gasteiger partial charge is 0.507 e. The maximum atomic E-state index is 13.8. The van der Waals surface area contributed by atoms with Crippen molar-refractivity contribution in [3.8, 4) is 5.75 Å². The average molecular weight is 526 g/mol. The standard InChI is InChI=1S/C33H39BO5/c1-5-9-23-17-26-30(33(37)25-11-8-7-10-24(25)32(26)36)27-18-34(38)39-28(29(23)27)13-12-21(6-2)16-22-14-19(3)31(35)20(4)15-22/h7-8,10-11,14-16,26-28,30,35,38H,5-6,9,12-13,17-18H2,1-4H3/b21-16+/t26-,27+,28-,30-/m1/s1. The fourth-order valence-corrected chi connectivity index (χ4v) is 7.18. The van der Waals surface area contributed by atoms with Crippen molar-refractivity contribution in [3.05, 3.63) is 80.9 Å². The molecule has 204 valence electrons. The average Bonchev–Trinajstić information content (AvgIpc) is 2.92. The summed E-state index contributed by atoms with van der Waals surface area (Å²) in [5, 5.41) is 21.0. The normalized spacial score (nSPS) is 24.9. The number of phenols is 1. The molecule has 0 aromatic heterocycles. The van der Waals surface area contributed by atoms with Crippen molar-refractivity contribution in [1.82, 2.24) is 0 Å². The maximum Gasteiger partial charge on any atom is 0.455 e. The zero-order chi connectivity index (χ0) is 27.8. The molecule has 1 fully saturated rings. The third-order valence-corrected chi connectivity index (χ3v) is 8.98. The molecule has 5 nitrogen and oxygen atoms in total. The lowest BCUT2D eigenvalue weighted by Gasteiger charge is -2.47. The van der Waals surface area contributed by atoms with Crippen LogP contribution in [0, 0.1) is 31.6 Å². The molecule has 2 aromatic carbocycles. The molecule has 0 radical (unpaired) electrons. The number of carbonyl (C=O) groups excluding carboxylic acids is 2. The topological polar surface area (TPSA) is 83.8 Å². The predicted molar refractivity (Wildman–Crippen MR) is 155 cm³/mol. The Hall–Kier alpha value is -2.96. The minimum absolute atomic E-state index is 0.0355. The second-order valence-electron chi connectivity index (χ2n) is 11.5. The van der Waals surface area contributed by atoms with Crippen molar-refractivity contribution in [1.29, 1.82) is 0 Å². The summed E-state index contributed by atoms with van der Waals surface area (Å²) in [6.45, 7) is 8.11. The van der Waals surface area contributed by atoms with Gasteiger partial charge in [-0.2, -0.15) is 0 Å². The third-order valence-electron chi connectivity index (χ3n) is 8.98. The molecule has 4 atom stereocenters. The Kier molecular flexibility index (Phi) is 7.97. The van der Waals surface area contributed by atoms with Crippen molar-refractivity contribution in [2.75, 3.05) is 0 Å². The molecular weight excluding hydrogens is 487 g/mol. The van der Waals surface area contributed by atoms with Crippen LogP contribution in [0.1, 0.15) is 89.8 Å². The van der Waals surface area contributed by atoms with Crippen LogP contribution in [0.15, 0.2) is 53.1 Å². The van der Waals surface area contributed by atoms with Gasteiger partial charge in [0.25, 0.3) is 0 Å². The molecule has 2 aliphatic carbocycles. The van der Waals surface area contributed by atoms with Crippen LogP contribution < -0.4 is 0 Å². The highest BCUT2D eigenvalue weighted by atomic mass is 16.5. The lowest BCUT2D eigenvalue weighted by atomic mass is 9.54. The van der Waals surface area contributed by atoms with Gasteiger partial charge in [-0.3, -0.25) is 9.59 Å². The molecule has 0 saturated carbocycles. The van der Waals surface area contributed by atoms with Crippen LogP contribution in [-0.2, 0) is 4.65 Å². The van der Waals surface area contributed by atoms with Crippen LogP contribution in [0.3, 0.4) is 0 Å². The van der Waals surface area contributed by atoms with Gasteiger partial charge in [-0.15, -0.1) is 0 Å². The maximum absolute atomic E-state index is 13.8. The van der Waals surface area contributed by atoms with Gasteiger partial charge in [0.2, 0.25) is 0 Å². The van der Waals surface area contributed by atoms with E-state index in [1.54, 1.807) is 12.1 Å². The van der Waals surface area contributed by atoms with E-state index in [9.17, 15) is 19.7 Å². The van der Waals surface area contributed by atoms with Gasteiger partial charge < -0.3 is 14.8 Å². The number of rotatable bonds is 7. The minimum Gasteiger partial charge on any atom is -0.507 e. The van der Waals surface area contributed by atoms with E-state index >= 15 is 0 Å². The number of aromatic hydroxyl groups is 1. The van der Waals surface area contributed by atoms with Gasteiger partial charge in [-0.05, 0) is 92.6 Å². The SMILES string of the molecule is CCCC1=C2[C@@H](CC/C(=C/c3cc(C)c(O)c(C)c3)CC)OB(O)C[C@@H]2[C@@H]2C(=O)c3ccccc3C(=O)[C@@H]2C1. The highest BCUT2D eigenvalue weighted by molar-refractivity contribution is 6.43. The lowest BCUT2D eigenvalue weighted by molar-refractivity contribution is 0.0598. The fraction of sp³-hybridized carbons (Fsp3) is 0.455. The summed E-state index contributed by atoms with van der Waals surface area (Å²) < 4.78 is 6.18. The molecule has 1 saturated heterocycles. The van der Waals surface area contributed by atoms with E-state index in [1.165, 1.54) is 11.1 Å². The first-order valence-corrected chi connectivity index (χ1v) is 14.5. The second-order valence-corrected chi connectivity index (χ2v) is 11.5. The number of aryl methyl sites for hydroxylation is 2. The Bertz CT molecular complexity index is 1330. The van der Waals surface area contributed by atoms with Crippen LogP contribution in [0.4, 0.5) is 0 Å². The molecule has 5 rings (SSSR count). The Labute approximate surface area is 232 Å². The first kappa shape index (κ1) is 27.6. The van der Waals surface area contributed by atoms with E-state index in [1.807, 2.05) is 38.1 Å². The zero-order valence-electron chi connectivity index (χ0n) is 23.5. The van der Waals surface area contributed by atoms with Gasteiger partial charge in [-0.1, -0.05) is 61.8 Å². The summed E-state index contributed by atoms with van der Waals surface area (Å²) in [4.78, 5) is 27.4. The van der Waals surface area contributed by atoms with Crippen molar-refractivity contribution in [2.45, 2.75) is 78.6 Å². The van der Waals surface area contributed by atoms with E-state index in [0.717, 1.165) is 47.9 Å². The molecule has 6 heteroatoms. The molecule has 0 unspecified atom stereocenters. The summed E-state index contributed by atoms with van der Waals surface area (Å²) >= 11 is 0. The van der Waals surface area contributed by atoms with Crippen LogP contribution in [0.2, 0.25) is 6.32 Å². The smallest absolute Gasteiger partial charge is 0.455 e. The summed E-state index contributed by atoms with van der Waals surface area (Å²) in [5.74, 6) is -0.538. The molecule has 3 aliphatic rings. The number of hydrogen-bond acceptors (Lipinski definition) is 5. The summed E-state index contributed by atoms with van der Waals surface area (Å²) in [5.41, 5.74) is 7.53. The molecular formula is C33H39BO5. The Balaban J connectivity index is 1.46. The highest BCUT2D eigenvalue weighted by Crippen LogP contribution is 2.51. The number of phenolic OH excluding ortho intramolecular Hbond substituents is 1. The minimum atomic E-state index is -0.957. The fourth-order valence-electron chi connectivity index (χ4n) is 7.18. The summed E-state index contributed by atoms with van der Waals surface area (Å²) in [6.07, 6.45) is 7.08. The molecule has 2 aromatic rings. The number of fused-ring (bicyclic) bond motifs is 4. The zero-order valence-corrected chi connectivity index (χ0v) is 23.5. The number of ketones is 2. The molecule has 0 amide bonds. The number of Topliss-reactive ketones (excluding diaryl/α,β-unsaturated/α-hetero) is 2. The molecule has 1 heterocycles. The molecule has 1 aliphatic heterocycles. The second kappa shape index (κ2) is 11.3. The van der Waals surface area contributed by atoms with Gasteiger partial charge >= 0.3 is 7.12 Å². The van der Waals surface area contributed by atoms with Crippen molar-refractivity contribution in [2.24, 2.45) is 17.8 Å². The van der Waals surface area contributed by atoms with E-state index in [0.29, 0.717) is 36.0 Å². The van der Waals surface area contributed by atoms with Gasteiger partial charge in [0.05, 0.1) is 6.10 Å². The van der Waals surface area contributed by atoms with Crippen molar-refractivity contribution >= 4 is 24.8 Å². The Morgan fingerprint density at radius 3 is 2.36 bits per heavy atom. The predicted octanol–water partition coefficient (Wildman–Crippen LogP) is 6.89. The van der Waals surface area contributed by atoms with Crippen LogP contribution in [-0.4, -0.2) is 34.9 Å². The monoisotopic (exact) mass is 526 g/mol. The van der Waals surface area contributed by atoms with E-state index in [4.69, 9.17) is 4.65 Å². The molecule has 2 N–H and O–H groups in total. The van der Waals surface area contributed by atoms with E-state index in [-0.39, 0.29) is 29.5 Å². The van der Waals surface area contributed by atoms with E-state index in [2.05, 4.69) is 19.9 Å². The third kappa shape index (κ3) is 5.17. The van der Waals surface area contributed by atoms with Gasteiger partial charge in [0.15, 0.2) is 11.6 Å². The van der Waals surface area contributed by atoms with Gasteiger partial charge in [0.1, 0.15) is 5.75 Å². The lowest BCUT2D eigenvalue weighted by Crippen LogP contribution is -2.50. The number of carbonyl (C=O) groups is 2. The molecule has 39 heavy (non-hydrogen) atoms. The number of allylic oxidation sites excluding steroid dienone is 2. The van der Waals surface area contributed by atoms with Crippen LogP contribution >= 0.6 is 0 Å². The van der Waals surface area contributed by atoms with Crippen LogP contribution in [0.25, 0.3) is 6.08 Å². The molecule has 0 bridgehead atoms. The van der Waals surface area contributed by atoms with Gasteiger partial charge in [-0.25, -0.2) is 0 Å². The molecule has 0 spiro atoms.